The average Bonchev–Trinajstić information content (AvgIpc) is 3.32. The summed E-state index contributed by atoms with van der Waals surface area (Å²) in [6, 6.07) is 10.8. The average molecular weight is 392 g/mol. The SMILES string of the molecule is CCC(Oc1ccc(Cl)cc1)C(=O)N(C)Cc1nc(-c2cccs2)no1. The van der Waals surface area contributed by atoms with Crippen molar-refractivity contribution in [2.24, 2.45) is 0 Å². The first-order valence-electron chi connectivity index (χ1n) is 8.10. The van der Waals surface area contributed by atoms with Gasteiger partial charge in [-0.15, -0.1) is 11.3 Å². The molecule has 6 nitrogen and oxygen atoms in total. The van der Waals surface area contributed by atoms with E-state index in [-0.39, 0.29) is 12.5 Å². The Kier molecular flexibility index (Phi) is 5.90. The van der Waals surface area contributed by atoms with Gasteiger partial charge in [0.25, 0.3) is 5.91 Å². The highest BCUT2D eigenvalue weighted by atomic mass is 35.5. The molecule has 2 heterocycles. The minimum atomic E-state index is -0.596. The molecule has 0 aliphatic heterocycles. The highest BCUT2D eigenvalue weighted by Crippen LogP contribution is 2.22. The number of carbonyl (C=O) groups excluding carboxylic acids is 1. The number of amides is 1. The van der Waals surface area contributed by atoms with Crippen LogP contribution in [-0.2, 0) is 11.3 Å². The Morgan fingerprint density at radius 3 is 2.77 bits per heavy atom. The van der Waals surface area contributed by atoms with Crippen molar-refractivity contribution >= 4 is 28.8 Å². The Hall–Kier alpha value is -2.38. The third-order valence-corrected chi connectivity index (χ3v) is 4.81. The molecular weight excluding hydrogens is 374 g/mol. The number of benzene rings is 1. The maximum Gasteiger partial charge on any atom is 0.263 e. The largest absolute Gasteiger partial charge is 0.481 e. The van der Waals surface area contributed by atoms with Gasteiger partial charge in [-0.25, -0.2) is 0 Å². The second-order valence-corrected chi connectivity index (χ2v) is 7.04. The monoisotopic (exact) mass is 391 g/mol. The molecule has 0 saturated carbocycles. The number of thiophene rings is 1. The third kappa shape index (κ3) is 4.42. The molecule has 1 unspecified atom stereocenters. The Morgan fingerprint density at radius 1 is 1.35 bits per heavy atom. The molecule has 1 atom stereocenters. The van der Waals surface area contributed by atoms with Crippen LogP contribution in [0.1, 0.15) is 19.2 Å². The highest BCUT2D eigenvalue weighted by Gasteiger charge is 2.24. The molecule has 3 aromatic rings. The Balaban J connectivity index is 1.63. The first kappa shape index (κ1) is 18.4. The molecule has 0 fully saturated rings. The molecule has 0 spiro atoms. The van der Waals surface area contributed by atoms with Crippen LogP contribution in [0.5, 0.6) is 5.75 Å². The van der Waals surface area contributed by atoms with E-state index in [0.717, 1.165) is 4.88 Å². The van der Waals surface area contributed by atoms with Crippen LogP contribution in [0.3, 0.4) is 0 Å². The van der Waals surface area contributed by atoms with Gasteiger partial charge in [0.05, 0.1) is 11.4 Å². The highest BCUT2D eigenvalue weighted by molar-refractivity contribution is 7.13. The Morgan fingerprint density at radius 2 is 2.12 bits per heavy atom. The van der Waals surface area contributed by atoms with Crippen molar-refractivity contribution in [2.45, 2.75) is 26.0 Å². The van der Waals surface area contributed by atoms with Gasteiger partial charge in [0, 0.05) is 12.1 Å². The fourth-order valence-corrected chi connectivity index (χ4v) is 3.11. The van der Waals surface area contributed by atoms with Crippen LogP contribution in [0, 0.1) is 0 Å². The standard InChI is InChI=1S/C18H18ClN3O3S/c1-3-14(24-13-8-6-12(19)7-9-13)18(23)22(2)11-16-20-17(21-25-16)15-5-4-10-26-15/h4-10,14H,3,11H2,1-2H3. The topological polar surface area (TPSA) is 68.5 Å². The predicted octanol–water partition coefficient (Wildman–Crippen LogP) is 4.27. The van der Waals surface area contributed by atoms with E-state index in [9.17, 15) is 4.79 Å². The maximum atomic E-state index is 12.7. The summed E-state index contributed by atoms with van der Waals surface area (Å²) >= 11 is 7.40. The van der Waals surface area contributed by atoms with Gasteiger partial charge >= 0.3 is 0 Å². The summed E-state index contributed by atoms with van der Waals surface area (Å²) in [6.07, 6.45) is -0.0586. The van der Waals surface area contributed by atoms with Crippen LogP contribution in [0.25, 0.3) is 10.7 Å². The van der Waals surface area contributed by atoms with Crippen LogP contribution in [0.2, 0.25) is 5.02 Å². The lowest BCUT2D eigenvalue weighted by Crippen LogP contribution is -2.39. The summed E-state index contributed by atoms with van der Waals surface area (Å²) in [5.74, 6) is 1.35. The quantitative estimate of drug-likeness (QED) is 0.601. The number of hydrogen-bond donors (Lipinski definition) is 0. The van der Waals surface area contributed by atoms with Gasteiger partial charge in [0.15, 0.2) is 6.10 Å². The lowest BCUT2D eigenvalue weighted by Gasteiger charge is -2.22. The summed E-state index contributed by atoms with van der Waals surface area (Å²) in [7, 11) is 1.69. The second kappa shape index (κ2) is 8.33. The molecule has 8 heteroatoms. The van der Waals surface area contributed by atoms with Gasteiger partial charge in [-0.3, -0.25) is 4.79 Å². The molecule has 136 valence electrons. The van der Waals surface area contributed by atoms with Crippen molar-refractivity contribution in [3.63, 3.8) is 0 Å². The molecule has 2 aromatic heterocycles. The van der Waals surface area contributed by atoms with Crippen molar-refractivity contribution in [3.05, 3.63) is 52.7 Å². The van der Waals surface area contributed by atoms with Gasteiger partial charge in [0.2, 0.25) is 11.7 Å². The fraction of sp³-hybridized carbons (Fsp3) is 0.278. The van der Waals surface area contributed by atoms with Crippen LogP contribution in [-0.4, -0.2) is 34.1 Å². The molecule has 3 rings (SSSR count). The van der Waals surface area contributed by atoms with E-state index in [4.69, 9.17) is 20.9 Å². The molecule has 0 aliphatic carbocycles. The third-order valence-electron chi connectivity index (χ3n) is 3.70. The Bertz CT molecular complexity index is 849. The maximum absolute atomic E-state index is 12.7. The van der Waals surface area contributed by atoms with Gasteiger partial charge in [-0.1, -0.05) is 29.7 Å². The summed E-state index contributed by atoms with van der Waals surface area (Å²) in [4.78, 5) is 19.5. The number of likely N-dealkylation sites (N-methyl/N-ethyl adjacent to an activating group) is 1. The molecule has 1 aromatic carbocycles. The predicted molar refractivity (Wildman–Crippen MR) is 100 cm³/mol. The smallest absolute Gasteiger partial charge is 0.263 e. The first-order chi connectivity index (χ1) is 12.6. The van der Waals surface area contributed by atoms with E-state index in [1.807, 2.05) is 24.4 Å². The number of aromatic nitrogens is 2. The Labute approximate surface area is 160 Å². The summed E-state index contributed by atoms with van der Waals surface area (Å²) in [5, 5.41) is 6.52. The van der Waals surface area contributed by atoms with E-state index < -0.39 is 6.10 Å². The van der Waals surface area contributed by atoms with Crippen LogP contribution >= 0.6 is 22.9 Å². The number of halogens is 1. The van der Waals surface area contributed by atoms with E-state index in [0.29, 0.717) is 28.9 Å². The van der Waals surface area contributed by atoms with Crippen molar-refractivity contribution in [3.8, 4) is 16.5 Å². The molecular formula is C18H18ClN3O3S. The number of ether oxygens (including phenoxy) is 1. The lowest BCUT2D eigenvalue weighted by molar-refractivity contribution is -0.138. The zero-order chi connectivity index (χ0) is 18.5. The normalized spacial score (nSPS) is 12.0. The summed E-state index contributed by atoms with van der Waals surface area (Å²) in [5.41, 5.74) is 0. The minimum absolute atomic E-state index is 0.154. The van der Waals surface area contributed by atoms with E-state index >= 15 is 0 Å². The van der Waals surface area contributed by atoms with Crippen molar-refractivity contribution in [1.29, 1.82) is 0 Å². The van der Waals surface area contributed by atoms with E-state index in [1.165, 1.54) is 16.2 Å². The van der Waals surface area contributed by atoms with Crippen molar-refractivity contribution in [1.82, 2.24) is 15.0 Å². The molecule has 0 radical (unpaired) electrons. The zero-order valence-electron chi connectivity index (χ0n) is 14.4. The van der Waals surface area contributed by atoms with Gasteiger partial charge in [0.1, 0.15) is 5.75 Å². The minimum Gasteiger partial charge on any atom is -0.481 e. The van der Waals surface area contributed by atoms with Crippen LogP contribution in [0.15, 0.2) is 46.3 Å². The van der Waals surface area contributed by atoms with E-state index in [2.05, 4.69) is 10.1 Å². The van der Waals surface area contributed by atoms with Crippen LogP contribution in [0.4, 0.5) is 0 Å². The van der Waals surface area contributed by atoms with E-state index in [1.54, 1.807) is 31.3 Å². The number of nitrogens with zero attached hydrogens (tertiary/aromatic N) is 3. The number of carbonyl (C=O) groups is 1. The molecule has 26 heavy (non-hydrogen) atoms. The molecule has 0 saturated heterocycles. The second-order valence-electron chi connectivity index (χ2n) is 5.65. The van der Waals surface area contributed by atoms with Gasteiger partial charge in [-0.2, -0.15) is 4.98 Å². The number of hydrogen-bond acceptors (Lipinski definition) is 6. The first-order valence-corrected chi connectivity index (χ1v) is 9.36. The van der Waals surface area contributed by atoms with Gasteiger partial charge in [-0.05, 0) is 42.1 Å². The fourth-order valence-electron chi connectivity index (χ4n) is 2.34. The van der Waals surface area contributed by atoms with Crippen molar-refractivity contribution in [2.75, 3.05) is 7.05 Å². The lowest BCUT2D eigenvalue weighted by atomic mass is 10.2. The van der Waals surface area contributed by atoms with Crippen molar-refractivity contribution < 1.29 is 14.1 Å². The molecule has 1 amide bonds. The molecule has 0 N–H and O–H groups in total. The number of rotatable bonds is 7. The summed E-state index contributed by atoms with van der Waals surface area (Å²) in [6.45, 7) is 2.12. The zero-order valence-corrected chi connectivity index (χ0v) is 16.0. The van der Waals surface area contributed by atoms with Gasteiger partial charge < -0.3 is 14.2 Å². The van der Waals surface area contributed by atoms with Crippen LogP contribution < -0.4 is 4.74 Å². The summed E-state index contributed by atoms with van der Waals surface area (Å²) < 4.78 is 11.0. The molecule has 0 aliphatic rings. The molecule has 0 bridgehead atoms.